The number of piperidine rings is 1. The van der Waals surface area contributed by atoms with Crippen molar-refractivity contribution in [2.24, 2.45) is 0 Å². The van der Waals surface area contributed by atoms with Crippen LogP contribution in [0.15, 0.2) is 24.3 Å². The first kappa shape index (κ1) is 15.0. The van der Waals surface area contributed by atoms with E-state index in [1.54, 1.807) is 0 Å². The molecule has 1 aliphatic heterocycles. The van der Waals surface area contributed by atoms with Gasteiger partial charge in [0.25, 0.3) is 0 Å². The summed E-state index contributed by atoms with van der Waals surface area (Å²) in [6.07, 6.45) is 3.38. The Bertz CT molecular complexity index is 430. The number of aliphatic hydroxyl groups excluding tert-OH is 1. The molecule has 0 bridgehead atoms. The van der Waals surface area contributed by atoms with Gasteiger partial charge in [-0.1, -0.05) is 30.7 Å². The molecule has 0 aliphatic carbocycles. The SMILES string of the molecule is CCOC(=O)CN1CCCCC1c1ccc(CO)cc1. The fourth-order valence-electron chi connectivity index (χ4n) is 2.78. The summed E-state index contributed by atoms with van der Waals surface area (Å²) in [7, 11) is 0. The molecular formula is C16H23NO3. The summed E-state index contributed by atoms with van der Waals surface area (Å²) in [6.45, 7) is 3.63. The van der Waals surface area contributed by atoms with Crippen LogP contribution in [0.5, 0.6) is 0 Å². The van der Waals surface area contributed by atoms with Crippen LogP contribution in [-0.4, -0.2) is 35.7 Å². The number of nitrogens with zero attached hydrogens (tertiary/aromatic N) is 1. The van der Waals surface area contributed by atoms with Crippen molar-refractivity contribution in [2.45, 2.75) is 38.8 Å². The van der Waals surface area contributed by atoms with Gasteiger partial charge in [0, 0.05) is 6.04 Å². The fourth-order valence-corrected chi connectivity index (χ4v) is 2.78. The molecule has 0 aromatic heterocycles. The van der Waals surface area contributed by atoms with E-state index in [2.05, 4.69) is 17.0 Å². The smallest absolute Gasteiger partial charge is 0.320 e. The third kappa shape index (κ3) is 3.81. The maximum Gasteiger partial charge on any atom is 0.320 e. The number of ether oxygens (including phenoxy) is 1. The van der Waals surface area contributed by atoms with Gasteiger partial charge in [-0.25, -0.2) is 0 Å². The van der Waals surface area contributed by atoms with Crippen molar-refractivity contribution < 1.29 is 14.6 Å². The van der Waals surface area contributed by atoms with E-state index >= 15 is 0 Å². The summed E-state index contributed by atoms with van der Waals surface area (Å²) in [4.78, 5) is 13.9. The fraction of sp³-hybridized carbons (Fsp3) is 0.562. The van der Waals surface area contributed by atoms with Crippen LogP contribution in [0, 0.1) is 0 Å². The highest BCUT2D eigenvalue weighted by Crippen LogP contribution is 2.30. The van der Waals surface area contributed by atoms with Crippen molar-refractivity contribution in [3.05, 3.63) is 35.4 Å². The Balaban J connectivity index is 2.07. The van der Waals surface area contributed by atoms with Gasteiger partial charge >= 0.3 is 5.97 Å². The Labute approximate surface area is 120 Å². The maximum atomic E-state index is 11.7. The highest BCUT2D eigenvalue weighted by Gasteiger charge is 2.25. The Hall–Kier alpha value is -1.39. The van der Waals surface area contributed by atoms with E-state index in [4.69, 9.17) is 9.84 Å². The molecule has 2 rings (SSSR count). The van der Waals surface area contributed by atoms with Crippen molar-refractivity contribution in [2.75, 3.05) is 19.7 Å². The number of esters is 1. The molecule has 1 N–H and O–H groups in total. The number of benzene rings is 1. The molecular weight excluding hydrogens is 254 g/mol. The first-order valence-corrected chi connectivity index (χ1v) is 7.34. The molecule has 1 aliphatic rings. The summed E-state index contributed by atoms with van der Waals surface area (Å²) in [5, 5.41) is 9.10. The first-order chi connectivity index (χ1) is 9.74. The zero-order valence-corrected chi connectivity index (χ0v) is 12.0. The zero-order valence-electron chi connectivity index (χ0n) is 12.0. The molecule has 1 aromatic rings. The Morgan fingerprint density at radius 3 is 2.75 bits per heavy atom. The van der Waals surface area contributed by atoms with E-state index in [1.807, 2.05) is 19.1 Å². The third-order valence-corrected chi connectivity index (χ3v) is 3.80. The Kier molecular flexibility index (Phi) is 5.56. The monoisotopic (exact) mass is 277 g/mol. The number of carbonyl (C=O) groups excluding carboxylic acids is 1. The van der Waals surface area contributed by atoms with E-state index in [-0.39, 0.29) is 18.6 Å². The lowest BCUT2D eigenvalue weighted by atomic mass is 9.94. The highest BCUT2D eigenvalue weighted by molar-refractivity contribution is 5.71. The van der Waals surface area contributed by atoms with Crippen LogP contribution in [0.3, 0.4) is 0 Å². The highest BCUT2D eigenvalue weighted by atomic mass is 16.5. The topological polar surface area (TPSA) is 49.8 Å². The molecule has 0 amide bonds. The van der Waals surface area contributed by atoms with E-state index in [0.717, 1.165) is 24.9 Å². The molecule has 4 heteroatoms. The molecule has 4 nitrogen and oxygen atoms in total. The average molecular weight is 277 g/mol. The van der Waals surface area contributed by atoms with Gasteiger partial charge in [-0.3, -0.25) is 9.69 Å². The minimum Gasteiger partial charge on any atom is -0.465 e. The minimum absolute atomic E-state index is 0.0670. The third-order valence-electron chi connectivity index (χ3n) is 3.80. The van der Waals surface area contributed by atoms with E-state index in [0.29, 0.717) is 13.2 Å². The van der Waals surface area contributed by atoms with Crippen LogP contribution in [0.25, 0.3) is 0 Å². The Morgan fingerprint density at radius 1 is 1.35 bits per heavy atom. The van der Waals surface area contributed by atoms with Gasteiger partial charge in [0.05, 0.1) is 19.8 Å². The van der Waals surface area contributed by atoms with Gasteiger partial charge in [0.15, 0.2) is 0 Å². The maximum absolute atomic E-state index is 11.7. The van der Waals surface area contributed by atoms with Gasteiger partial charge in [-0.15, -0.1) is 0 Å². The van der Waals surface area contributed by atoms with Crippen LogP contribution in [0.2, 0.25) is 0 Å². The molecule has 20 heavy (non-hydrogen) atoms. The summed E-state index contributed by atoms with van der Waals surface area (Å²) < 4.78 is 5.05. The van der Waals surface area contributed by atoms with Crippen LogP contribution >= 0.6 is 0 Å². The predicted molar refractivity (Wildman–Crippen MR) is 77.2 cm³/mol. The van der Waals surface area contributed by atoms with Crippen molar-refractivity contribution >= 4 is 5.97 Å². The largest absolute Gasteiger partial charge is 0.465 e. The second-order valence-corrected chi connectivity index (χ2v) is 5.19. The molecule has 1 atom stereocenters. The van der Waals surface area contributed by atoms with Crippen LogP contribution in [0.4, 0.5) is 0 Å². The van der Waals surface area contributed by atoms with Crippen LogP contribution < -0.4 is 0 Å². The molecule has 1 heterocycles. The quantitative estimate of drug-likeness (QED) is 0.839. The second-order valence-electron chi connectivity index (χ2n) is 5.19. The van der Waals surface area contributed by atoms with Crippen molar-refractivity contribution in [1.29, 1.82) is 0 Å². The summed E-state index contributed by atoms with van der Waals surface area (Å²) in [5.41, 5.74) is 2.13. The van der Waals surface area contributed by atoms with E-state index < -0.39 is 0 Å². The van der Waals surface area contributed by atoms with Crippen molar-refractivity contribution in [3.8, 4) is 0 Å². The predicted octanol–water partition coefficient (Wildman–Crippen LogP) is 2.27. The number of hydrogen-bond donors (Lipinski definition) is 1. The van der Waals surface area contributed by atoms with E-state index in [1.165, 1.54) is 12.0 Å². The first-order valence-electron chi connectivity index (χ1n) is 7.34. The lowest BCUT2D eigenvalue weighted by Crippen LogP contribution is -2.38. The minimum atomic E-state index is -0.147. The molecule has 0 saturated carbocycles. The summed E-state index contributed by atoms with van der Waals surface area (Å²) in [5.74, 6) is -0.147. The van der Waals surface area contributed by atoms with Crippen molar-refractivity contribution in [3.63, 3.8) is 0 Å². The van der Waals surface area contributed by atoms with Crippen LogP contribution in [0.1, 0.15) is 43.4 Å². The average Bonchev–Trinajstić information content (AvgIpc) is 2.48. The number of hydrogen-bond acceptors (Lipinski definition) is 4. The van der Waals surface area contributed by atoms with Gasteiger partial charge in [0.1, 0.15) is 0 Å². The molecule has 1 saturated heterocycles. The molecule has 1 fully saturated rings. The number of carbonyl (C=O) groups is 1. The van der Waals surface area contributed by atoms with Crippen molar-refractivity contribution in [1.82, 2.24) is 4.90 Å². The number of likely N-dealkylation sites (tertiary alicyclic amines) is 1. The van der Waals surface area contributed by atoms with Gasteiger partial charge in [-0.05, 0) is 37.4 Å². The number of aliphatic hydroxyl groups is 1. The molecule has 1 unspecified atom stereocenters. The van der Waals surface area contributed by atoms with Gasteiger partial charge in [-0.2, -0.15) is 0 Å². The lowest BCUT2D eigenvalue weighted by molar-refractivity contribution is -0.145. The van der Waals surface area contributed by atoms with Gasteiger partial charge < -0.3 is 9.84 Å². The summed E-state index contributed by atoms with van der Waals surface area (Å²) >= 11 is 0. The lowest BCUT2D eigenvalue weighted by Gasteiger charge is -2.35. The molecule has 0 radical (unpaired) electrons. The normalized spacial score (nSPS) is 19.8. The Morgan fingerprint density at radius 2 is 2.10 bits per heavy atom. The number of rotatable bonds is 5. The molecule has 0 spiro atoms. The van der Waals surface area contributed by atoms with Crippen LogP contribution in [-0.2, 0) is 16.1 Å². The second kappa shape index (κ2) is 7.41. The van der Waals surface area contributed by atoms with Gasteiger partial charge in [0.2, 0.25) is 0 Å². The molecule has 110 valence electrons. The summed E-state index contributed by atoms with van der Waals surface area (Å²) in [6, 6.07) is 8.29. The molecule has 1 aromatic carbocycles. The zero-order chi connectivity index (χ0) is 14.4. The van der Waals surface area contributed by atoms with E-state index in [9.17, 15) is 4.79 Å². The standard InChI is InChI=1S/C16H23NO3/c1-2-20-16(19)11-17-10-4-3-5-15(17)14-8-6-13(12-18)7-9-14/h6-9,15,18H,2-5,10-12H2,1H3.